The van der Waals surface area contributed by atoms with Crippen LogP contribution in [0.5, 0.6) is 0 Å². The molecule has 0 aromatic carbocycles. The first-order chi connectivity index (χ1) is 12.6. The molecule has 0 aromatic rings. The van der Waals surface area contributed by atoms with E-state index in [0.717, 1.165) is 24.2 Å². The van der Waals surface area contributed by atoms with Gasteiger partial charge in [-0.15, -0.1) is 0 Å². The zero-order valence-corrected chi connectivity index (χ0v) is 15.9. The molecule has 0 aliphatic rings. The fraction of sp³-hybridized carbons (Fsp3) is 0.588. The third-order valence-corrected chi connectivity index (χ3v) is 3.80. The van der Waals surface area contributed by atoms with Crippen LogP contribution in [-0.2, 0) is 18.9 Å². The Hall–Kier alpha value is -1.84. The lowest BCUT2D eigenvalue weighted by atomic mass is 10.4. The van der Waals surface area contributed by atoms with Gasteiger partial charge < -0.3 is 18.9 Å². The molecule has 0 atom stereocenters. The van der Waals surface area contributed by atoms with Crippen LogP contribution in [0.4, 0.5) is 4.79 Å². The second kappa shape index (κ2) is 18.0. The Morgan fingerprint density at radius 2 is 1.85 bits per heavy atom. The van der Waals surface area contributed by atoms with Gasteiger partial charge in [-0.05, 0) is 18.2 Å². The molecule has 8 nitrogen and oxygen atoms in total. The van der Waals surface area contributed by atoms with Crippen LogP contribution in [0.15, 0.2) is 36.8 Å². The number of hydrogen-bond donors (Lipinski definition) is 0. The van der Waals surface area contributed by atoms with Crippen LogP contribution in [0.25, 0.3) is 0 Å². The van der Waals surface area contributed by atoms with Crippen molar-refractivity contribution in [3.63, 3.8) is 0 Å². The fourth-order valence-corrected chi connectivity index (χ4v) is 2.38. The molecule has 0 rings (SSSR count). The zero-order chi connectivity index (χ0) is 19.5. The maximum Gasteiger partial charge on any atom is 0.513 e. The Balaban J connectivity index is 3.49. The molecule has 0 saturated carbocycles. The molecule has 9 heteroatoms. The van der Waals surface area contributed by atoms with Gasteiger partial charge in [-0.25, -0.2) is 4.79 Å². The minimum absolute atomic E-state index is 0.0438. The van der Waals surface area contributed by atoms with Crippen molar-refractivity contribution in [1.82, 2.24) is 0 Å². The Kier molecular flexibility index (Phi) is 16.7. The van der Waals surface area contributed by atoms with Gasteiger partial charge in [-0.2, -0.15) is 11.8 Å². The highest BCUT2D eigenvalue weighted by Gasteiger charge is 2.03. The highest BCUT2D eigenvalue weighted by Crippen LogP contribution is 2.03. The quantitative estimate of drug-likeness (QED) is 0.0987. The van der Waals surface area contributed by atoms with Crippen LogP contribution in [0.2, 0.25) is 0 Å². The molecule has 0 aromatic heterocycles. The van der Waals surface area contributed by atoms with Gasteiger partial charge in [0, 0.05) is 17.9 Å². The molecule has 0 aliphatic heterocycles. The van der Waals surface area contributed by atoms with Gasteiger partial charge in [0.15, 0.2) is 0 Å². The molecule has 0 aliphatic carbocycles. The van der Waals surface area contributed by atoms with Crippen LogP contribution >= 0.6 is 11.8 Å². The largest absolute Gasteiger partial charge is 0.513 e. The number of carbonyl (C=O) groups is 1. The second-order valence-electron chi connectivity index (χ2n) is 4.79. The summed E-state index contributed by atoms with van der Waals surface area (Å²) >= 11 is 1.88. The number of nitrogens with zero attached hydrogens (tertiary/aromatic N) is 1. The topological polar surface area (TPSA) is 97.1 Å². The van der Waals surface area contributed by atoms with Crippen molar-refractivity contribution in [2.75, 3.05) is 44.5 Å². The number of rotatable bonds is 16. The van der Waals surface area contributed by atoms with Crippen LogP contribution in [0, 0.1) is 10.1 Å². The average molecular weight is 389 g/mol. The second-order valence-corrected chi connectivity index (χ2v) is 6.01. The van der Waals surface area contributed by atoms with Gasteiger partial charge in [0.25, 0.3) is 5.70 Å². The van der Waals surface area contributed by atoms with Gasteiger partial charge in [-0.1, -0.05) is 19.9 Å². The summed E-state index contributed by atoms with van der Waals surface area (Å²) in [5, 5.41) is 10.5. The van der Waals surface area contributed by atoms with Crippen molar-refractivity contribution in [1.29, 1.82) is 0 Å². The number of unbranched alkanes of at least 4 members (excludes halogenated alkanes) is 1. The van der Waals surface area contributed by atoms with E-state index >= 15 is 0 Å². The van der Waals surface area contributed by atoms with Crippen molar-refractivity contribution in [2.45, 2.75) is 19.8 Å². The summed E-state index contributed by atoms with van der Waals surface area (Å²) < 4.78 is 20.0. The molecular weight excluding hydrogens is 362 g/mol. The first-order valence-corrected chi connectivity index (χ1v) is 9.47. The summed E-state index contributed by atoms with van der Waals surface area (Å²) in [5.74, 6) is 2.15. The summed E-state index contributed by atoms with van der Waals surface area (Å²) in [4.78, 5) is 21.1. The summed E-state index contributed by atoms with van der Waals surface area (Å²) in [6.07, 6.45) is 5.94. The first kappa shape index (κ1) is 24.2. The molecule has 0 N–H and O–H groups in total. The number of nitro groups is 1. The van der Waals surface area contributed by atoms with E-state index in [4.69, 9.17) is 14.2 Å². The number of allylic oxidation sites excluding steroid dienone is 3. The SMILES string of the molecule is C=C/C(=C\C=C\OC(=O)OCCOCCOCCSCCCC)[N+](=O)[O-]. The van der Waals surface area contributed by atoms with Crippen LogP contribution < -0.4 is 0 Å². The van der Waals surface area contributed by atoms with E-state index in [0.29, 0.717) is 19.8 Å². The van der Waals surface area contributed by atoms with E-state index in [1.807, 2.05) is 11.8 Å². The Bertz CT molecular complexity index is 466. The van der Waals surface area contributed by atoms with Crippen LogP contribution in [0.3, 0.4) is 0 Å². The van der Waals surface area contributed by atoms with E-state index in [1.165, 1.54) is 24.7 Å². The molecule has 0 unspecified atom stereocenters. The molecule has 148 valence electrons. The minimum atomic E-state index is -0.917. The van der Waals surface area contributed by atoms with E-state index in [-0.39, 0.29) is 18.9 Å². The Labute approximate surface area is 158 Å². The van der Waals surface area contributed by atoms with Crippen molar-refractivity contribution in [2.24, 2.45) is 0 Å². The monoisotopic (exact) mass is 389 g/mol. The highest BCUT2D eigenvalue weighted by atomic mass is 32.2. The predicted molar refractivity (Wildman–Crippen MR) is 101 cm³/mol. The molecule has 0 bridgehead atoms. The first-order valence-electron chi connectivity index (χ1n) is 8.32. The van der Waals surface area contributed by atoms with Crippen molar-refractivity contribution < 1.29 is 28.7 Å². The minimum Gasteiger partial charge on any atom is -0.432 e. The smallest absolute Gasteiger partial charge is 0.432 e. The van der Waals surface area contributed by atoms with E-state index in [2.05, 4.69) is 18.2 Å². The molecule has 26 heavy (non-hydrogen) atoms. The number of thioether (sulfide) groups is 1. The molecule has 0 amide bonds. The van der Waals surface area contributed by atoms with Crippen LogP contribution in [0.1, 0.15) is 19.8 Å². The van der Waals surface area contributed by atoms with Gasteiger partial charge in [0.2, 0.25) is 0 Å². The summed E-state index contributed by atoms with van der Waals surface area (Å²) in [6, 6.07) is 0. The van der Waals surface area contributed by atoms with Crippen molar-refractivity contribution in [3.8, 4) is 0 Å². The van der Waals surface area contributed by atoms with E-state index in [1.54, 1.807) is 0 Å². The van der Waals surface area contributed by atoms with Crippen molar-refractivity contribution >= 4 is 17.9 Å². The molecule has 0 spiro atoms. The van der Waals surface area contributed by atoms with E-state index in [9.17, 15) is 14.9 Å². The zero-order valence-electron chi connectivity index (χ0n) is 15.1. The van der Waals surface area contributed by atoms with Gasteiger partial charge in [-0.3, -0.25) is 10.1 Å². The summed E-state index contributed by atoms with van der Waals surface area (Å²) in [7, 11) is 0. The van der Waals surface area contributed by atoms with Crippen LogP contribution in [-0.4, -0.2) is 55.6 Å². The Morgan fingerprint density at radius 1 is 1.15 bits per heavy atom. The average Bonchev–Trinajstić information content (AvgIpc) is 2.62. The van der Waals surface area contributed by atoms with Gasteiger partial charge in [0.1, 0.15) is 6.61 Å². The lowest BCUT2D eigenvalue weighted by molar-refractivity contribution is -0.418. The lowest BCUT2D eigenvalue weighted by Crippen LogP contribution is -2.13. The maximum absolute atomic E-state index is 11.2. The molecule has 0 saturated heterocycles. The fourth-order valence-electron chi connectivity index (χ4n) is 1.44. The normalized spacial score (nSPS) is 11.5. The molecule has 0 heterocycles. The standard InChI is InChI=1S/C17H27NO7S/c1-3-5-14-26-15-13-23-10-9-22-11-12-25-17(19)24-8-6-7-16(4-2)18(20)21/h4,6-8H,2-3,5,9-15H2,1H3/b8-6+,16-7+. The maximum atomic E-state index is 11.2. The summed E-state index contributed by atoms with van der Waals surface area (Å²) in [6.45, 7) is 7.36. The van der Waals surface area contributed by atoms with Crippen molar-refractivity contribution in [3.05, 3.63) is 46.9 Å². The molecule has 0 radical (unpaired) electrons. The van der Waals surface area contributed by atoms with Gasteiger partial charge >= 0.3 is 6.16 Å². The molecular formula is C17H27NO7S. The van der Waals surface area contributed by atoms with E-state index < -0.39 is 11.1 Å². The number of carbonyl (C=O) groups excluding carboxylic acids is 1. The third-order valence-electron chi connectivity index (χ3n) is 2.76. The summed E-state index contributed by atoms with van der Waals surface area (Å²) in [5.41, 5.74) is -0.214. The Morgan fingerprint density at radius 3 is 2.50 bits per heavy atom. The highest BCUT2D eigenvalue weighted by molar-refractivity contribution is 7.99. The predicted octanol–water partition coefficient (Wildman–Crippen LogP) is 3.57. The molecule has 0 fully saturated rings. The lowest BCUT2D eigenvalue weighted by Gasteiger charge is -2.06. The number of ether oxygens (including phenoxy) is 4. The number of hydrogen-bond acceptors (Lipinski definition) is 8. The van der Waals surface area contributed by atoms with Gasteiger partial charge in [0.05, 0.1) is 37.6 Å². The third kappa shape index (κ3) is 15.7.